The molecule has 3 heterocycles. The molecule has 3 rings (SSSR count). The molecule has 2 aromatic rings. The van der Waals surface area contributed by atoms with Gasteiger partial charge in [0.05, 0.1) is 26.2 Å². The number of nitrogens with zero attached hydrogens (tertiary/aromatic N) is 3. The first kappa shape index (κ1) is 18.4. The van der Waals surface area contributed by atoms with Crippen molar-refractivity contribution in [2.75, 3.05) is 12.3 Å². The van der Waals surface area contributed by atoms with E-state index in [1.165, 1.54) is 6.33 Å². The summed E-state index contributed by atoms with van der Waals surface area (Å²) in [6.07, 6.45) is 4.19. The summed E-state index contributed by atoms with van der Waals surface area (Å²) in [5, 5.41) is 11.1. The van der Waals surface area contributed by atoms with Gasteiger partial charge in [-0.05, 0) is 29.5 Å². The van der Waals surface area contributed by atoms with Crippen molar-refractivity contribution >= 4 is 24.9 Å². The van der Waals surface area contributed by atoms with Gasteiger partial charge >= 0.3 is 0 Å². The second-order valence-corrected chi connectivity index (χ2v) is 14.5. The molecule has 0 radical (unpaired) electrons. The lowest BCUT2D eigenvalue weighted by Crippen LogP contribution is -2.45. The number of fused-ring (bicyclic) bond motifs is 1. The monoisotopic (exact) mass is 362 g/mol. The molecule has 1 aliphatic rings. The van der Waals surface area contributed by atoms with Gasteiger partial charge in [-0.15, -0.1) is 0 Å². The van der Waals surface area contributed by atoms with E-state index in [4.69, 9.17) is 10.5 Å². The average Bonchev–Trinajstić information content (AvgIpc) is 3.08. The van der Waals surface area contributed by atoms with Crippen molar-refractivity contribution in [3.63, 3.8) is 0 Å². The number of aromatic nitrogens is 3. The van der Waals surface area contributed by atoms with E-state index in [0.29, 0.717) is 11.4 Å². The number of ether oxygens (including phenoxy) is 1. The molecule has 25 heavy (non-hydrogen) atoms. The first-order chi connectivity index (χ1) is 11.6. The van der Waals surface area contributed by atoms with Gasteiger partial charge in [-0.2, -0.15) is 0 Å². The summed E-state index contributed by atoms with van der Waals surface area (Å²) in [7, 11) is -1.66. The Morgan fingerprint density at radius 1 is 1.36 bits per heavy atom. The topological polar surface area (TPSA) is 86.2 Å². The van der Waals surface area contributed by atoms with Crippen molar-refractivity contribution in [1.29, 1.82) is 0 Å². The lowest BCUT2D eigenvalue weighted by Gasteiger charge is -2.43. The predicted octanol–water partition coefficient (Wildman–Crippen LogP) is 3.48. The van der Waals surface area contributed by atoms with Crippen LogP contribution in [0, 0.1) is 6.92 Å². The van der Waals surface area contributed by atoms with E-state index in [9.17, 15) is 5.11 Å². The van der Waals surface area contributed by atoms with E-state index in [-0.39, 0.29) is 24.0 Å². The Hall–Kier alpha value is -1.44. The summed E-state index contributed by atoms with van der Waals surface area (Å²) in [5.74, 6) is 0.499. The highest BCUT2D eigenvalue weighted by atomic mass is 28.3. The molecule has 7 heteroatoms. The number of rotatable bonds is 3. The molecule has 0 aliphatic carbocycles. The van der Waals surface area contributed by atoms with Gasteiger partial charge in [0.15, 0.2) is 0 Å². The Morgan fingerprint density at radius 2 is 2.04 bits per heavy atom. The van der Waals surface area contributed by atoms with E-state index in [0.717, 1.165) is 23.0 Å². The molecular weight excluding hydrogens is 332 g/mol. The summed E-state index contributed by atoms with van der Waals surface area (Å²) in [4.78, 5) is 8.54. The van der Waals surface area contributed by atoms with Crippen LogP contribution in [-0.2, 0) is 4.74 Å². The van der Waals surface area contributed by atoms with Crippen LogP contribution in [0.15, 0.2) is 12.5 Å². The zero-order valence-corrected chi connectivity index (χ0v) is 17.1. The van der Waals surface area contributed by atoms with Gasteiger partial charge in [-0.1, -0.05) is 33.9 Å². The number of nitrogen functional groups attached to an aromatic ring is 1. The van der Waals surface area contributed by atoms with Gasteiger partial charge in [-0.3, -0.25) is 0 Å². The first-order valence-electron chi connectivity index (χ1n) is 8.92. The van der Waals surface area contributed by atoms with Crippen molar-refractivity contribution in [1.82, 2.24) is 14.5 Å². The van der Waals surface area contributed by atoms with Crippen molar-refractivity contribution in [2.45, 2.75) is 70.1 Å². The fourth-order valence-electron chi connectivity index (χ4n) is 3.90. The highest BCUT2D eigenvalue weighted by Gasteiger charge is 2.50. The molecule has 138 valence electrons. The van der Waals surface area contributed by atoms with Crippen LogP contribution < -0.4 is 5.73 Å². The summed E-state index contributed by atoms with van der Waals surface area (Å²) in [6, 6.07) is 0. The quantitative estimate of drug-likeness (QED) is 0.816. The van der Waals surface area contributed by atoms with Crippen molar-refractivity contribution in [3.8, 4) is 0 Å². The predicted molar refractivity (Wildman–Crippen MR) is 103 cm³/mol. The number of nitrogens with two attached hydrogens (primary N) is 1. The molecule has 3 atom stereocenters. The number of aliphatic hydroxyl groups is 1. The van der Waals surface area contributed by atoms with Gasteiger partial charge in [0.1, 0.15) is 24.0 Å². The third kappa shape index (κ3) is 2.88. The zero-order chi connectivity index (χ0) is 18.6. The Kier molecular flexibility index (Phi) is 4.46. The number of aryl methyl sites for hydroxylation is 1. The first-order valence-corrected chi connectivity index (χ1v) is 12.0. The maximum Gasteiger partial charge on any atom is 0.147 e. The van der Waals surface area contributed by atoms with Gasteiger partial charge in [0.2, 0.25) is 0 Å². The molecule has 2 aromatic heterocycles. The molecule has 6 nitrogen and oxygen atoms in total. The summed E-state index contributed by atoms with van der Waals surface area (Å²) in [6.45, 7) is 13.8. The third-order valence-corrected chi connectivity index (χ3v) is 12.7. The van der Waals surface area contributed by atoms with E-state index in [1.54, 1.807) is 0 Å². The van der Waals surface area contributed by atoms with Crippen molar-refractivity contribution in [3.05, 3.63) is 18.1 Å². The number of aliphatic hydroxyl groups excluding tert-OH is 1. The molecule has 3 N–H and O–H groups in total. The SMILES string of the molecule is Cc1cn([C@H]2C[C@H]([Si](C)(C)C(C)(C)C)[C@@H](CO)O2)c2ncnc(N)c12. The number of hydrogen-bond donors (Lipinski definition) is 2. The van der Waals surface area contributed by atoms with Crippen molar-refractivity contribution < 1.29 is 9.84 Å². The van der Waals surface area contributed by atoms with E-state index in [2.05, 4.69) is 48.4 Å². The maximum absolute atomic E-state index is 9.94. The van der Waals surface area contributed by atoms with Crippen LogP contribution in [-0.4, -0.2) is 40.4 Å². The Labute approximate surface area is 150 Å². The number of hydrogen-bond acceptors (Lipinski definition) is 5. The van der Waals surface area contributed by atoms with Crippen LogP contribution in [0.2, 0.25) is 23.7 Å². The highest BCUT2D eigenvalue weighted by Crippen LogP contribution is 2.52. The largest absolute Gasteiger partial charge is 0.394 e. The summed E-state index contributed by atoms with van der Waals surface area (Å²) >= 11 is 0. The molecule has 0 amide bonds. The minimum atomic E-state index is -1.66. The van der Waals surface area contributed by atoms with Crippen molar-refractivity contribution in [2.24, 2.45) is 0 Å². The molecule has 1 saturated heterocycles. The van der Waals surface area contributed by atoms with Crippen LogP contribution in [0.1, 0.15) is 39.0 Å². The molecule has 0 spiro atoms. The second kappa shape index (κ2) is 6.07. The van der Waals surface area contributed by atoms with E-state index < -0.39 is 8.07 Å². The standard InChI is InChI=1S/C18H30N4O2Si/c1-11-8-22(17-15(11)16(19)20-10-21-17)14-7-13(12(9-23)24-14)25(5,6)18(2,3)4/h8,10,12-14,23H,7,9H2,1-6H3,(H2,19,20,21)/t12-,13+,14-/m1/s1. The summed E-state index contributed by atoms with van der Waals surface area (Å²) < 4.78 is 8.37. The molecule has 0 bridgehead atoms. The molecule has 0 unspecified atom stereocenters. The van der Waals surface area contributed by atoms with E-state index in [1.807, 2.05) is 13.1 Å². The molecular formula is C18H30N4O2Si. The van der Waals surface area contributed by atoms with Gasteiger partial charge < -0.3 is 20.1 Å². The minimum absolute atomic E-state index is 0.0585. The van der Waals surface area contributed by atoms with Crippen LogP contribution in [0.4, 0.5) is 5.82 Å². The van der Waals surface area contributed by atoms with Gasteiger partial charge in [0, 0.05) is 6.20 Å². The van der Waals surface area contributed by atoms with Crippen LogP contribution >= 0.6 is 0 Å². The molecule has 1 fully saturated rings. The van der Waals surface area contributed by atoms with Crippen LogP contribution in [0.5, 0.6) is 0 Å². The fraction of sp³-hybridized carbons (Fsp3) is 0.667. The summed E-state index contributed by atoms with van der Waals surface area (Å²) in [5.41, 5.74) is 8.28. The lowest BCUT2D eigenvalue weighted by atomic mass is 10.2. The smallest absolute Gasteiger partial charge is 0.147 e. The molecule has 0 saturated carbocycles. The second-order valence-electron chi connectivity index (χ2n) is 8.80. The number of anilines is 1. The van der Waals surface area contributed by atoms with Crippen LogP contribution in [0.25, 0.3) is 11.0 Å². The van der Waals surface area contributed by atoms with Crippen LogP contribution in [0.3, 0.4) is 0 Å². The Balaban J connectivity index is 2.00. The molecule has 1 aliphatic heterocycles. The third-order valence-electron chi connectivity index (χ3n) is 6.41. The highest BCUT2D eigenvalue weighted by molar-refractivity contribution is 6.81. The van der Waals surface area contributed by atoms with E-state index >= 15 is 0 Å². The normalized spacial score (nSPS) is 25.0. The minimum Gasteiger partial charge on any atom is -0.394 e. The lowest BCUT2D eigenvalue weighted by molar-refractivity contribution is -0.0209. The molecule has 0 aromatic carbocycles. The fourth-order valence-corrected chi connectivity index (χ4v) is 6.92. The average molecular weight is 363 g/mol. The zero-order valence-electron chi connectivity index (χ0n) is 16.1. The van der Waals surface area contributed by atoms with Gasteiger partial charge in [-0.25, -0.2) is 9.97 Å². The van der Waals surface area contributed by atoms with Gasteiger partial charge in [0.25, 0.3) is 0 Å². The Bertz CT molecular complexity index is 781. The Morgan fingerprint density at radius 3 is 2.64 bits per heavy atom. The maximum atomic E-state index is 9.94.